The van der Waals surface area contributed by atoms with Crippen molar-refractivity contribution in [1.82, 2.24) is 0 Å². The molecule has 3 heterocycles. The third-order valence-electron chi connectivity index (χ3n) is 4.43. The van der Waals surface area contributed by atoms with Crippen molar-refractivity contribution in [2.45, 2.75) is 0 Å². The minimum atomic E-state index is -0.777. The molecule has 0 atom stereocenters. The molecule has 0 amide bonds. The first-order chi connectivity index (χ1) is 13.4. The van der Waals surface area contributed by atoms with E-state index in [0.717, 1.165) is 4.47 Å². The number of furan rings is 1. The van der Waals surface area contributed by atoms with Gasteiger partial charge in [-0.15, -0.1) is 0 Å². The van der Waals surface area contributed by atoms with Crippen LogP contribution >= 0.6 is 31.9 Å². The van der Waals surface area contributed by atoms with Crippen LogP contribution in [0.2, 0.25) is 0 Å². The smallest absolute Gasteiger partial charge is 0.351 e. The molecule has 138 valence electrons. The number of rotatable bonds is 1. The summed E-state index contributed by atoms with van der Waals surface area (Å²) < 4.78 is 17.9. The van der Waals surface area contributed by atoms with Crippen LogP contribution < -0.4 is 11.3 Å². The third-order valence-corrected chi connectivity index (χ3v) is 5.41. The number of aromatic hydroxyl groups is 1. The van der Waals surface area contributed by atoms with E-state index in [1.807, 2.05) is 0 Å². The summed E-state index contributed by atoms with van der Waals surface area (Å²) in [6, 6.07) is 11.4. The molecule has 3 aromatic heterocycles. The second-order valence-corrected chi connectivity index (χ2v) is 7.97. The van der Waals surface area contributed by atoms with Gasteiger partial charge in [0.1, 0.15) is 33.6 Å². The number of halogens is 2. The van der Waals surface area contributed by atoms with Crippen molar-refractivity contribution in [2.24, 2.45) is 0 Å². The average molecular weight is 504 g/mol. The summed E-state index contributed by atoms with van der Waals surface area (Å²) in [5.41, 5.74) is -0.701. The summed E-state index contributed by atoms with van der Waals surface area (Å²) in [4.78, 5) is 24.9. The second kappa shape index (κ2) is 6.08. The minimum absolute atomic E-state index is 0.0166. The maximum absolute atomic E-state index is 12.5. The van der Waals surface area contributed by atoms with Crippen LogP contribution in [0.15, 0.2) is 74.3 Å². The number of benzene rings is 2. The van der Waals surface area contributed by atoms with Gasteiger partial charge in [0.05, 0.1) is 10.8 Å². The van der Waals surface area contributed by atoms with Crippen LogP contribution in [-0.2, 0) is 0 Å². The summed E-state index contributed by atoms with van der Waals surface area (Å²) in [7, 11) is 0. The van der Waals surface area contributed by atoms with Crippen LogP contribution in [-0.4, -0.2) is 5.11 Å². The number of fused-ring (bicyclic) bond motifs is 4. The van der Waals surface area contributed by atoms with Crippen molar-refractivity contribution in [1.29, 1.82) is 0 Å². The van der Waals surface area contributed by atoms with Gasteiger partial charge < -0.3 is 18.4 Å². The van der Waals surface area contributed by atoms with Crippen molar-refractivity contribution < 1.29 is 18.4 Å². The minimum Gasteiger partial charge on any atom is -0.506 e. The van der Waals surface area contributed by atoms with Crippen LogP contribution in [0.5, 0.6) is 5.75 Å². The Morgan fingerprint density at radius 3 is 2.04 bits per heavy atom. The topological polar surface area (TPSA) is 93.8 Å². The molecule has 0 aliphatic heterocycles. The van der Waals surface area contributed by atoms with E-state index in [-0.39, 0.29) is 33.6 Å². The Kier molecular flexibility index (Phi) is 3.75. The zero-order valence-corrected chi connectivity index (χ0v) is 17.0. The van der Waals surface area contributed by atoms with Crippen LogP contribution in [0.3, 0.4) is 0 Å². The lowest BCUT2D eigenvalue weighted by atomic mass is 10.1. The fourth-order valence-corrected chi connectivity index (χ4v) is 3.89. The predicted molar refractivity (Wildman–Crippen MR) is 111 cm³/mol. The van der Waals surface area contributed by atoms with Gasteiger partial charge in [0.25, 0.3) is 0 Å². The first-order valence-electron chi connectivity index (χ1n) is 8.04. The molecule has 0 saturated carbocycles. The van der Waals surface area contributed by atoms with Crippen LogP contribution in [0, 0.1) is 0 Å². The SMILES string of the molecule is O=c1oc2ccc(Br)cc2c(O)c1-c1cc2c(=O)oc3ccc(Br)cc3c2o1. The molecule has 0 bridgehead atoms. The van der Waals surface area contributed by atoms with E-state index in [4.69, 9.17) is 13.3 Å². The highest BCUT2D eigenvalue weighted by Crippen LogP contribution is 2.38. The van der Waals surface area contributed by atoms with E-state index in [9.17, 15) is 14.7 Å². The van der Waals surface area contributed by atoms with Gasteiger partial charge in [-0.2, -0.15) is 0 Å². The van der Waals surface area contributed by atoms with Crippen molar-refractivity contribution in [3.05, 3.63) is 72.3 Å². The van der Waals surface area contributed by atoms with Gasteiger partial charge in [-0.05, 0) is 36.4 Å². The highest BCUT2D eigenvalue weighted by atomic mass is 79.9. The molecule has 0 aliphatic carbocycles. The first-order valence-corrected chi connectivity index (χ1v) is 9.62. The molecule has 0 saturated heterocycles. The Bertz CT molecular complexity index is 1540. The normalized spacial score (nSPS) is 11.6. The van der Waals surface area contributed by atoms with Gasteiger partial charge in [0.15, 0.2) is 5.58 Å². The summed E-state index contributed by atoms with van der Waals surface area (Å²) in [5, 5.41) is 11.8. The van der Waals surface area contributed by atoms with E-state index in [2.05, 4.69) is 31.9 Å². The second-order valence-electron chi connectivity index (χ2n) is 6.14. The summed E-state index contributed by atoms with van der Waals surface area (Å²) in [5.74, 6) is -0.274. The van der Waals surface area contributed by atoms with E-state index in [1.54, 1.807) is 36.4 Å². The highest BCUT2D eigenvalue weighted by Gasteiger charge is 2.22. The molecule has 0 unspecified atom stereocenters. The molecule has 2 aromatic carbocycles. The van der Waals surface area contributed by atoms with E-state index in [0.29, 0.717) is 20.8 Å². The van der Waals surface area contributed by atoms with E-state index in [1.165, 1.54) is 6.07 Å². The lowest BCUT2D eigenvalue weighted by Crippen LogP contribution is -2.03. The standard InChI is InChI=1S/C20H8Br2O6/c21-8-1-3-13-10(5-8)17(23)16(20(25)28-13)15-7-12-18(26-15)11-6-9(22)2-4-14(11)27-19(12)24/h1-7,23H. The zero-order valence-electron chi connectivity index (χ0n) is 13.8. The quantitative estimate of drug-likeness (QED) is 0.302. The van der Waals surface area contributed by atoms with Gasteiger partial charge in [-0.25, -0.2) is 9.59 Å². The number of hydrogen-bond donors (Lipinski definition) is 1. The Hall–Kier alpha value is -2.84. The Balaban J connectivity index is 1.89. The summed E-state index contributed by atoms with van der Waals surface area (Å²) in [6.45, 7) is 0. The van der Waals surface area contributed by atoms with Gasteiger partial charge >= 0.3 is 11.3 Å². The highest BCUT2D eigenvalue weighted by molar-refractivity contribution is 9.10. The molecule has 0 spiro atoms. The summed E-state index contributed by atoms with van der Waals surface area (Å²) in [6.07, 6.45) is 0. The third kappa shape index (κ3) is 2.52. The fraction of sp³-hybridized carbons (Fsp3) is 0. The van der Waals surface area contributed by atoms with Crippen LogP contribution in [0.4, 0.5) is 0 Å². The maximum Gasteiger partial charge on any atom is 0.351 e. The molecule has 0 fully saturated rings. The molecule has 5 aromatic rings. The molecular weight excluding hydrogens is 496 g/mol. The number of hydrogen-bond acceptors (Lipinski definition) is 6. The fourth-order valence-electron chi connectivity index (χ4n) is 3.17. The Morgan fingerprint density at radius 1 is 0.714 bits per heavy atom. The Morgan fingerprint density at radius 2 is 1.32 bits per heavy atom. The largest absolute Gasteiger partial charge is 0.506 e. The van der Waals surface area contributed by atoms with Crippen molar-refractivity contribution >= 4 is 64.8 Å². The molecule has 6 nitrogen and oxygen atoms in total. The molecule has 28 heavy (non-hydrogen) atoms. The van der Waals surface area contributed by atoms with Gasteiger partial charge in [0.2, 0.25) is 0 Å². The maximum atomic E-state index is 12.5. The van der Waals surface area contributed by atoms with Crippen molar-refractivity contribution in [2.75, 3.05) is 0 Å². The zero-order chi connectivity index (χ0) is 19.6. The van der Waals surface area contributed by atoms with Gasteiger partial charge in [0, 0.05) is 15.0 Å². The van der Waals surface area contributed by atoms with Crippen LogP contribution in [0.25, 0.3) is 44.2 Å². The first kappa shape index (κ1) is 17.3. The molecule has 0 radical (unpaired) electrons. The lowest BCUT2D eigenvalue weighted by molar-refractivity contribution is 0.467. The molecule has 5 rings (SSSR count). The Labute approximate surface area is 172 Å². The molecule has 1 N–H and O–H groups in total. The van der Waals surface area contributed by atoms with Crippen LogP contribution in [0.1, 0.15) is 0 Å². The average Bonchev–Trinajstić information content (AvgIpc) is 3.09. The molecule has 8 heteroatoms. The van der Waals surface area contributed by atoms with E-state index >= 15 is 0 Å². The molecule has 0 aliphatic rings. The molecular formula is C20H8Br2O6. The van der Waals surface area contributed by atoms with Gasteiger partial charge in [-0.3, -0.25) is 0 Å². The van der Waals surface area contributed by atoms with E-state index < -0.39 is 11.3 Å². The monoisotopic (exact) mass is 502 g/mol. The lowest BCUT2D eigenvalue weighted by Gasteiger charge is -2.04. The predicted octanol–water partition coefficient (Wildman–Crippen LogP) is 5.54. The van der Waals surface area contributed by atoms with Gasteiger partial charge in [-0.1, -0.05) is 31.9 Å². The van der Waals surface area contributed by atoms with Crippen molar-refractivity contribution in [3.8, 4) is 17.1 Å². The van der Waals surface area contributed by atoms with Crippen molar-refractivity contribution in [3.63, 3.8) is 0 Å². The summed E-state index contributed by atoms with van der Waals surface area (Å²) >= 11 is 6.70.